The molecular weight excluding hydrogens is 276 g/mol. The molecule has 0 fully saturated rings. The summed E-state index contributed by atoms with van der Waals surface area (Å²) >= 11 is 0. The SMILES string of the molecule is CCOc1ccc2c(c1)nc1c([n+]2C)C(=O)C2=C1C=CCC2. The Balaban J connectivity index is 1.99. The number of nitrogens with zero attached hydrogens (tertiary/aromatic N) is 2. The number of rotatable bonds is 2. The zero-order chi connectivity index (χ0) is 15.3. The maximum Gasteiger partial charge on any atom is 0.280 e. The molecule has 1 heterocycles. The van der Waals surface area contributed by atoms with Crippen LogP contribution in [0.5, 0.6) is 5.75 Å². The van der Waals surface area contributed by atoms with Crippen LogP contribution in [0.3, 0.4) is 0 Å². The molecule has 1 aromatic carbocycles. The fourth-order valence-corrected chi connectivity index (χ4v) is 3.30. The summed E-state index contributed by atoms with van der Waals surface area (Å²) in [6.45, 7) is 2.59. The Hall–Kier alpha value is -2.49. The molecule has 0 bridgehead atoms. The van der Waals surface area contributed by atoms with E-state index >= 15 is 0 Å². The highest BCUT2D eigenvalue weighted by molar-refractivity contribution is 6.20. The van der Waals surface area contributed by atoms with E-state index in [0.717, 1.165) is 46.5 Å². The minimum Gasteiger partial charge on any atom is -0.494 e. The molecule has 0 amide bonds. The number of benzene rings is 1. The van der Waals surface area contributed by atoms with E-state index in [1.807, 2.05) is 42.8 Å². The van der Waals surface area contributed by atoms with Crippen molar-refractivity contribution >= 4 is 22.4 Å². The van der Waals surface area contributed by atoms with E-state index in [9.17, 15) is 4.79 Å². The van der Waals surface area contributed by atoms with Crippen molar-refractivity contribution in [3.05, 3.63) is 47.3 Å². The van der Waals surface area contributed by atoms with Gasteiger partial charge in [-0.2, -0.15) is 4.57 Å². The molecule has 2 aliphatic rings. The Morgan fingerprint density at radius 1 is 1.36 bits per heavy atom. The van der Waals surface area contributed by atoms with E-state index in [-0.39, 0.29) is 5.78 Å². The van der Waals surface area contributed by atoms with Gasteiger partial charge in [-0.05, 0) is 25.8 Å². The summed E-state index contributed by atoms with van der Waals surface area (Å²) in [4.78, 5) is 17.5. The monoisotopic (exact) mass is 293 g/mol. The van der Waals surface area contributed by atoms with Gasteiger partial charge in [0.1, 0.15) is 24.0 Å². The normalized spacial score (nSPS) is 16.2. The number of fused-ring (bicyclic) bond motifs is 3. The summed E-state index contributed by atoms with van der Waals surface area (Å²) < 4.78 is 7.52. The molecule has 2 aliphatic carbocycles. The predicted molar refractivity (Wildman–Crippen MR) is 83.7 cm³/mol. The second kappa shape index (κ2) is 4.77. The molecule has 0 atom stereocenters. The first kappa shape index (κ1) is 13.2. The van der Waals surface area contributed by atoms with Gasteiger partial charge in [-0.3, -0.25) is 4.79 Å². The van der Waals surface area contributed by atoms with Crippen LogP contribution in [-0.2, 0) is 7.05 Å². The topological polar surface area (TPSA) is 43.1 Å². The quantitative estimate of drug-likeness (QED) is 0.800. The van der Waals surface area contributed by atoms with Crippen molar-refractivity contribution in [1.29, 1.82) is 0 Å². The molecule has 4 nitrogen and oxygen atoms in total. The molecule has 22 heavy (non-hydrogen) atoms. The second-order valence-corrected chi connectivity index (χ2v) is 5.61. The van der Waals surface area contributed by atoms with Crippen LogP contribution < -0.4 is 9.30 Å². The van der Waals surface area contributed by atoms with Crippen molar-refractivity contribution in [3.63, 3.8) is 0 Å². The Morgan fingerprint density at radius 2 is 2.23 bits per heavy atom. The maximum absolute atomic E-state index is 12.7. The lowest BCUT2D eigenvalue weighted by Crippen LogP contribution is -2.37. The molecule has 0 radical (unpaired) electrons. The van der Waals surface area contributed by atoms with Crippen LogP contribution in [0.1, 0.15) is 35.9 Å². The molecule has 0 N–H and O–H groups in total. The molecular formula is C18H17N2O2+. The molecule has 0 spiro atoms. The third-order valence-corrected chi connectivity index (χ3v) is 4.33. The van der Waals surface area contributed by atoms with Crippen molar-refractivity contribution in [3.8, 4) is 5.75 Å². The number of allylic oxidation sites excluding steroid dienone is 4. The third-order valence-electron chi connectivity index (χ3n) is 4.33. The second-order valence-electron chi connectivity index (χ2n) is 5.61. The Labute approximate surface area is 128 Å². The molecule has 0 aliphatic heterocycles. The first-order chi connectivity index (χ1) is 10.7. The van der Waals surface area contributed by atoms with Crippen LogP contribution in [0.25, 0.3) is 16.6 Å². The molecule has 2 aromatic rings. The van der Waals surface area contributed by atoms with E-state index in [1.165, 1.54) is 0 Å². The van der Waals surface area contributed by atoms with E-state index in [4.69, 9.17) is 9.72 Å². The highest BCUT2D eigenvalue weighted by Crippen LogP contribution is 2.36. The Bertz CT molecular complexity index is 878. The van der Waals surface area contributed by atoms with E-state index in [0.29, 0.717) is 12.3 Å². The van der Waals surface area contributed by atoms with Gasteiger partial charge in [-0.15, -0.1) is 0 Å². The summed E-state index contributed by atoms with van der Waals surface area (Å²) in [5, 5.41) is 0. The Kier molecular flexibility index (Phi) is 2.86. The molecule has 0 saturated heterocycles. The first-order valence-corrected chi connectivity index (χ1v) is 7.62. The summed E-state index contributed by atoms with van der Waals surface area (Å²) in [5.74, 6) is 0.931. The van der Waals surface area contributed by atoms with Crippen LogP contribution in [0.15, 0.2) is 35.9 Å². The lowest BCUT2D eigenvalue weighted by Gasteiger charge is -2.06. The smallest absolute Gasteiger partial charge is 0.280 e. The highest BCUT2D eigenvalue weighted by Gasteiger charge is 2.38. The van der Waals surface area contributed by atoms with Gasteiger partial charge in [0.2, 0.25) is 5.52 Å². The lowest BCUT2D eigenvalue weighted by molar-refractivity contribution is -0.647. The number of aryl methyl sites for hydroxylation is 1. The summed E-state index contributed by atoms with van der Waals surface area (Å²) in [5.41, 5.74) is 5.20. The zero-order valence-electron chi connectivity index (χ0n) is 12.7. The number of hydrogen-bond acceptors (Lipinski definition) is 3. The van der Waals surface area contributed by atoms with E-state index < -0.39 is 0 Å². The minimum atomic E-state index is 0.125. The molecule has 0 saturated carbocycles. The van der Waals surface area contributed by atoms with E-state index in [2.05, 4.69) is 6.08 Å². The van der Waals surface area contributed by atoms with Crippen LogP contribution in [-0.4, -0.2) is 17.4 Å². The maximum atomic E-state index is 12.7. The number of hydrogen-bond donors (Lipinski definition) is 0. The van der Waals surface area contributed by atoms with Crippen LogP contribution in [0.4, 0.5) is 0 Å². The largest absolute Gasteiger partial charge is 0.494 e. The molecule has 0 unspecified atom stereocenters. The summed E-state index contributed by atoms with van der Waals surface area (Å²) in [6, 6.07) is 5.83. The number of Topliss-reactive ketones (excluding diaryl/α,β-unsaturated/α-hetero) is 1. The molecule has 4 heteroatoms. The van der Waals surface area contributed by atoms with Crippen molar-refractivity contribution in [2.24, 2.45) is 7.05 Å². The summed E-state index contributed by atoms with van der Waals surface area (Å²) in [6.07, 6.45) is 5.88. The molecule has 4 rings (SSSR count). The fourth-order valence-electron chi connectivity index (χ4n) is 3.30. The van der Waals surface area contributed by atoms with Gasteiger partial charge in [0.15, 0.2) is 0 Å². The van der Waals surface area contributed by atoms with Gasteiger partial charge in [0.05, 0.1) is 6.61 Å². The van der Waals surface area contributed by atoms with Crippen LogP contribution in [0.2, 0.25) is 0 Å². The highest BCUT2D eigenvalue weighted by atomic mass is 16.5. The number of carbonyl (C=O) groups is 1. The lowest BCUT2D eigenvalue weighted by atomic mass is 9.99. The van der Waals surface area contributed by atoms with Crippen molar-refractivity contribution < 1.29 is 14.1 Å². The van der Waals surface area contributed by atoms with Crippen LogP contribution in [0, 0.1) is 0 Å². The summed E-state index contributed by atoms with van der Waals surface area (Å²) in [7, 11) is 1.93. The fraction of sp³-hybridized carbons (Fsp3) is 0.278. The van der Waals surface area contributed by atoms with Gasteiger partial charge in [0, 0.05) is 23.3 Å². The third kappa shape index (κ3) is 1.73. The van der Waals surface area contributed by atoms with Crippen molar-refractivity contribution in [2.45, 2.75) is 19.8 Å². The average Bonchev–Trinajstić information content (AvgIpc) is 2.81. The van der Waals surface area contributed by atoms with Gasteiger partial charge in [0.25, 0.3) is 11.5 Å². The first-order valence-electron chi connectivity index (χ1n) is 7.62. The van der Waals surface area contributed by atoms with E-state index in [1.54, 1.807) is 0 Å². The van der Waals surface area contributed by atoms with Gasteiger partial charge in [-0.25, -0.2) is 4.98 Å². The number of carbonyl (C=O) groups excluding carboxylic acids is 1. The van der Waals surface area contributed by atoms with Crippen LogP contribution >= 0.6 is 0 Å². The molecule has 110 valence electrons. The standard InChI is InChI=1S/C18H17N2O2/c1-3-22-11-8-9-15-14(10-11)19-16-12-6-4-5-7-13(12)18(21)17(16)20(15)2/h4,6,8-10H,3,5,7H2,1-2H3/q+1. The van der Waals surface area contributed by atoms with Crippen molar-refractivity contribution in [1.82, 2.24) is 4.98 Å². The predicted octanol–water partition coefficient (Wildman–Crippen LogP) is 2.76. The zero-order valence-corrected chi connectivity index (χ0v) is 12.7. The Morgan fingerprint density at radius 3 is 3.05 bits per heavy atom. The van der Waals surface area contributed by atoms with Gasteiger partial charge in [-0.1, -0.05) is 12.2 Å². The average molecular weight is 293 g/mol. The minimum absolute atomic E-state index is 0.125. The molecule has 1 aromatic heterocycles. The van der Waals surface area contributed by atoms with Gasteiger partial charge >= 0.3 is 0 Å². The van der Waals surface area contributed by atoms with Gasteiger partial charge < -0.3 is 4.74 Å². The number of aromatic nitrogens is 2. The number of ketones is 1. The van der Waals surface area contributed by atoms with Crippen molar-refractivity contribution in [2.75, 3.05) is 6.61 Å². The number of ether oxygens (including phenoxy) is 1.